The molecule has 3 heterocycles. The van der Waals surface area contributed by atoms with Gasteiger partial charge in [0.05, 0.1) is 117 Å². The van der Waals surface area contributed by atoms with E-state index in [2.05, 4.69) is 30.3 Å². The summed E-state index contributed by atoms with van der Waals surface area (Å²) in [4.78, 5) is 26.8. The number of fused-ring (bicyclic) bond motifs is 2. The van der Waals surface area contributed by atoms with E-state index >= 15 is 0 Å². The Balaban J connectivity index is 0.899. The van der Waals surface area contributed by atoms with Crippen molar-refractivity contribution in [2.24, 2.45) is 5.11 Å². The lowest BCUT2D eigenvalue weighted by atomic mass is 10.2. The fraction of sp³-hybridized carbons (Fsp3) is 0.611. The largest absolute Gasteiger partial charge is 0.508 e. The molecule has 5 N–H and O–H groups in total. The first-order valence-corrected chi connectivity index (χ1v) is 18.8. The maximum atomic E-state index is 12.2. The number of nitrogens with zero attached hydrogens (tertiary/aromatic N) is 7. The van der Waals surface area contributed by atoms with Gasteiger partial charge < -0.3 is 59.0 Å². The van der Waals surface area contributed by atoms with Gasteiger partial charge in [0.15, 0.2) is 5.65 Å². The standard InChI is InChI=1S/C36H54N10O10/c37-35-33-34(31-26-28-25-29(47)3-4-30(28)43-31)44-46(36(33)41-27-40-35)8-2-1-6-39-32(48)5-9-49-11-13-51-15-17-53-19-21-55-23-24-56-22-20-54-18-16-52-14-12-50-10-7-42-45-38/h3-4,25-27,43,47H,1-2,5-24H2,(H,39,48)(H2,37,40,41). The number of nitrogens with two attached hydrogens (primary N) is 1. The van der Waals surface area contributed by atoms with E-state index in [1.165, 1.54) is 6.33 Å². The van der Waals surface area contributed by atoms with Gasteiger partial charge in [0.1, 0.15) is 23.6 Å². The summed E-state index contributed by atoms with van der Waals surface area (Å²) in [5.74, 6) is 0.448. The number of H-pyrrole nitrogens is 1. The quantitative estimate of drug-likeness (QED) is 0.0234. The molecule has 0 fully saturated rings. The number of benzene rings is 1. The van der Waals surface area contributed by atoms with Gasteiger partial charge in [0.2, 0.25) is 5.91 Å². The molecule has 0 atom stereocenters. The van der Waals surface area contributed by atoms with Crippen molar-refractivity contribution in [3.63, 3.8) is 0 Å². The lowest BCUT2D eigenvalue weighted by Crippen LogP contribution is -2.26. The van der Waals surface area contributed by atoms with E-state index in [0.29, 0.717) is 148 Å². The highest BCUT2D eigenvalue weighted by Crippen LogP contribution is 2.32. The van der Waals surface area contributed by atoms with Crippen LogP contribution < -0.4 is 11.1 Å². The average Bonchev–Trinajstić information content (AvgIpc) is 3.79. The third-order valence-electron chi connectivity index (χ3n) is 8.01. The highest BCUT2D eigenvalue weighted by molar-refractivity contribution is 6.00. The van der Waals surface area contributed by atoms with E-state index in [0.717, 1.165) is 29.4 Å². The topological polar surface area (TPSA) is 257 Å². The van der Waals surface area contributed by atoms with Crippen LogP contribution in [-0.4, -0.2) is 155 Å². The van der Waals surface area contributed by atoms with Gasteiger partial charge in [0.25, 0.3) is 0 Å². The van der Waals surface area contributed by atoms with Crippen molar-refractivity contribution in [3.8, 4) is 17.1 Å². The molecule has 0 aliphatic heterocycles. The highest BCUT2D eigenvalue weighted by atomic mass is 16.6. The second-order valence-electron chi connectivity index (χ2n) is 12.1. The first-order chi connectivity index (χ1) is 27.6. The third-order valence-corrected chi connectivity index (χ3v) is 8.01. The van der Waals surface area contributed by atoms with Crippen molar-refractivity contribution in [1.29, 1.82) is 0 Å². The van der Waals surface area contributed by atoms with Crippen molar-refractivity contribution >= 4 is 33.7 Å². The number of aromatic hydroxyl groups is 1. The molecule has 0 radical (unpaired) electrons. The molecule has 308 valence electrons. The minimum Gasteiger partial charge on any atom is -0.508 e. The molecular formula is C36H54N10O10. The molecule has 0 saturated carbocycles. The van der Waals surface area contributed by atoms with Gasteiger partial charge in [-0.15, -0.1) is 0 Å². The Morgan fingerprint density at radius 1 is 0.804 bits per heavy atom. The number of ether oxygens (including phenoxy) is 8. The summed E-state index contributed by atoms with van der Waals surface area (Å²) >= 11 is 0. The highest BCUT2D eigenvalue weighted by Gasteiger charge is 2.18. The number of aromatic amines is 1. The monoisotopic (exact) mass is 786 g/mol. The van der Waals surface area contributed by atoms with Gasteiger partial charge in [0, 0.05) is 41.9 Å². The average molecular weight is 787 g/mol. The van der Waals surface area contributed by atoms with E-state index in [4.69, 9.17) is 54.3 Å². The van der Waals surface area contributed by atoms with Gasteiger partial charge in [-0.1, -0.05) is 5.11 Å². The summed E-state index contributed by atoms with van der Waals surface area (Å²) in [6, 6.07) is 7.03. The first-order valence-electron chi connectivity index (χ1n) is 18.8. The van der Waals surface area contributed by atoms with Crippen molar-refractivity contribution in [2.45, 2.75) is 25.8 Å². The number of nitrogens with one attached hydrogen (secondary N) is 2. The minimum atomic E-state index is -0.0721. The number of rotatable bonds is 33. The maximum Gasteiger partial charge on any atom is 0.222 e. The van der Waals surface area contributed by atoms with Crippen LogP contribution in [0.15, 0.2) is 35.7 Å². The number of carbonyl (C=O) groups excluding carboxylic acids is 1. The lowest BCUT2D eigenvalue weighted by molar-refractivity contribution is -0.122. The summed E-state index contributed by atoms with van der Waals surface area (Å²) in [5, 5.41) is 22.5. The number of carbonyl (C=O) groups is 1. The molecule has 20 heteroatoms. The predicted molar refractivity (Wildman–Crippen MR) is 206 cm³/mol. The Morgan fingerprint density at radius 2 is 1.38 bits per heavy atom. The van der Waals surface area contributed by atoms with Crippen LogP contribution in [-0.2, 0) is 49.2 Å². The van der Waals surface area contributed by atoms with Gasteiger partial charge in [-0.2, -0.15) is 5.10 Å². The van der Waals surface area contributed by atoms with Crippen molar-refractivity contribution in [3.05, 3.63) is 41.0 Å². The number of phenolic OH excluding ortho intramolecular Hbond substituents is 1. The number of nitrogen functional groups attached to an aromatic ring is 1. The van der Waals surface area contributed by atoms with E-state index < -0.39 is 0 Å². The molecule has 1 aromatic carbocycles. The normalized spacial score (nSPS) is 11.4. The molecule has 1 amide bonds. The molecule has 0 aliphatic rings. The number of phenols is 1. The lowest BCUT2D eigenvalue weighted by Gasteiger charge is -2.09. The van der Waals surface area contributed by atoms with Crippen LogP contribution in [0.4, 0.5) is 5.82 Å². The van der Waals surface area contributed by atoms with Crippen LogP contribution in [0.3, 0.4) is 0 Å². The smallest absolute Gasteiger partial charge is 0.222 e. The molecule has 0 bridgehead atoms. The SMILES string of the molecule is [N-]=[N+]=NCCOCCOCCOCCOCCOCCOCCOCCOCCC(=O)NCCCCn1nc(-c2cc3cc(O)ccc3[nH]2)c2c(N)ncnc21. The summed E-state index contributed by atoms with van der Waals surface area (Å²) in [6.07, 6.45) is 3.20. The molecule has 4 aromatic rings. The molecule has 0 saturated heterocycles. The first kappa shape index (κ1) is 44.1. The Kier molecular flexibility index (Phi) is 21.3. The van der Waals surface area contributed by atoms with Crippen molar-refractivity contribution in [1.82, 2.24) is 30.0 Å². The number of hydrogen-bond acceptors (Lipinski definition) is 15. The summed E-state index contributed by atoms with van der Waals surface area (Å²) < 4.78 is 45.3. The zero-order chi connectivity index (χ0) is 39.5. The van der Waals surface area contributed by atoms with E-state index in [-0.39, 0.29) is 18.1 Å². The Hall–Kier alpha value is -4.63. The Bertz CT molecular complexity index is 1750. The number of azide groups is 1. The third kappa shape index (κ3) is 16.6. The van der Waals surface area contributed by atoms with Crippen molar-refractivity contribution in [2.75, 3.05) is 125 Å². The number of unbranched alkanes of at least 4 members (excludes halogenated alkanes) is 1. The van der Waals surface area contributed by atoms with Gasteiger partial charge in [-0.05, 0) is 42.6 Å². The molecule has 0 aliphatic carbocycles. The predicted octanol–water partition coefficient (Wildman–Crippen LogP) is 2.99. The summed E-state index contributed by atoms with van der Waals surface area (Å²) in [5.41, 5.74) is 17.3. The summed E-state index contributed by atoms with van der Waals surface area (Å²) in [6.45, 7) is 8.48. The number of amides is 1. The van der Waals surface area contributed by atoms with E-state index in [9.17, 15) is 9.90 Å². The number of aryl methyl sites for hydroxylation is 1. The van der Waals surface area contributed by atoms with Gasteiger partial charge >= 0.3 is 0 Å². The van der Waals surface area contributed by atoms with Crippen LogP contribution >= 0.6 is 0 Å². The zero-order valence-corrected chi connectivity index (χ0v) is 31.8. The molecule has 56 heavy (non-hydrogen) atoms. The molecule has 4 rings (SSSR count). The molecule has 20 nitrogen and oxygen atoms in total. The Morgan fingerprint density at radius 3 is 1.96 bits per heavy atom. The molecule has 0 spiro atoms. The fourth-order valence-electron chi connectivity index (χ4n) is 5.28. The van der Waals surface area contributed by atoms with Crippen LogP contribution in [0.2, 0.25) is 0 Å². The number of aromatic nitrogens is 5. The number of anilines is 1. The van der Waals surface area contributed by atoms with Crippen molar-refractivity contribution < 1.29 is 47.8 Å². The fourth-order valence-corrected chi connectivity index (χ4v) is 5.28. The van der Waals surface area contributed by atoms with Crippen LogP contribution in [0.5, 0.6) is 5.75 Å². The second kappa shape index (κ2) is 27.0. The molecule has 0 unspecified atom stereocenters. The minimum absolute atomic E-state index is 0.0721. The van der Waals surface area contributed by atoms with Crippen LogP contribution in [0.1, 0.15) is 19.3 Å². The second-order valence-corrected chi connectivity index (χ2v) is 12.1. The van der Waals surface area contributed by atoms with E-state index in [1.54, 1.807) is 12.1 Å². The number of hydrogen-bond donors (Lipinski definition) is 4. The van der Waals surface area contributed by atoms with Gasteiger partial charge in [-0.25, -0.2) is 14.6 Å². The van der Waals surface area contributed by atoms with E-state index in [1.807, 2.05) is 16.8 Å². The zero-order valence-electron chi connectivity index (χ0n) is 31.8. The maximum absolute atomic E-state index is 12.2. The molecular weight excluding hydrogens is 732 g/mol. The van der Waals surface area contributed by atoms with Crippen LogP contribution in [0, 0.1) is 0 Å². The Labute approximate surface area is 324 Å². The van der Waals surface area contributed by atoms with Gasteiger partial charge in [-0.3, -0.25) is 4.79 Å². The summed E-state index contributed by atoms with van der Waals surface area (Å²) in [7, 11) is 0. The molecule has 3 aromatic heterocycles. The van der Waals surface area contributed by atoms with Crippen LogP contribution in [0.25, 0.3) is 43.8 Å².